The average Bonchev–Trinajstić information content (AvgIpc) is 2.60. The van der Waals surface area contributed by atoms with Gasteiger partial charge in [-0.25, -0.2) is 0 Å². The highest BCUT2D eigenvalue weighted by Crippen LogP contribution is 2.31. The number of hydrogen-bond acceptors (Lipinski definition) is 6. The van der Waals surface area contributed by atoms with Gasteiger partial charge in [-0.15, -0.1) is 0 Å². The third-order valence-electron chi connectivity index (χ3n) is 3.30. The number of nitrogens with one attached hydrogen (secondary N) is 1. The molecule has 0 saturated carbocycles. The number of nitro groups is 1. The zero-order valence-electron chi connectivity index (χ0n) is 13.6. The van der Waals surface area contributed by atoms with Crippen LogP contribution < -0.4 is 14.8 Å². The number of Topliss-reactive ketones (excluding diaryl/α,β-unsaturated/α-hetero) is 1. The number of nitro benzene ring substituents is 1. The Morgan fingerprint density at radius 3 is 2.56 bits per heavy atom. The van der Waals surface area contributed by atoms with Crippen molar-refractivity contribution in [1.82, 2.24) is 0 Å². The van der Waals surface area contributed by atoms with Crippen molar-refractivity contribution in [3.63, 3.8) is 0 Å². The summed E-state index contributed by atoms with van der Waals surface area (Å²) >= 11 is 0. The minimum absolute atomic E-state index is 0.0548. The summed E-state index contributed by atoms with van der Waals surface area (Å²) in [6.45, 7) is 0.946. The van der Waals surface area contributed by atoms with Gasteiger partial charge in [-0.2, -0.15) is 0 Å². The SMILES string of the molecule is COc1ccc(OCC(=O)Nc2ccccc2C(C)=O)c([N+](=O)[O-])c1. The second kappa shape index (κ2) is 7.91. The molecule has 2 aromatic carbocycles. The van der Waals surface area contributed by atoms with Crippen molar-refractivity contribution in [2.75, 3.05) is 19.0 Å². The number of carbonyl (C=O) groups is 2. The summed E-state index contributed by atoms with van der Waals surface area (Å²) < 4.78 is 10.2. The standard InChI is InChI=1S/C17H16N2O6/c1-11(20)13-5-3-4-6-14(13)18-17(21)10-25-16-8-7-12(24-2)9-15(16)19(22)23/h3-9H,10H2,1-2H3,(H,18,21). The molecule has 8 heteroatoms. The normalized spacial score (nSPS) is 10.0. The van der Waals surface area contributed by atoms with E-state index >= 15 is 0 Å². The molecule has 2 aromatic rings. The Morgan fingerprint density at radius 1 is 1.20 bits per heavy atom. The summed E-state index contributed by atoms with van der Waals surface area (Å²) in [6.07, 6.45) is 0. The smallest absolute Gasteiger partial charge is 0.314 e. The van der Waals surface area contributed by atoms with Gasteiger partial charge in [0.2, 0.25) is 0 Å². The lowest BCUT2D eigenvalue weighted by Gasteiger charge is -2.10. The minimum Gasteiger partial charge on any atom is -0.496 e. The number of rotatable bonds is 7. The molecule has 0 unspecified atom stereocenters. The number of ether oxygens (including phenoxy) is 2. The van der Waals surface area contributed by atoms with Gasteiger partial charge in [-0.1, -0.05) is 12.1 Å². The molecule has 1 amide bonds. The summed E-state index contributed by atoms with van der Waals surface area (Å²) in [4.78, 5) is 34.0. The van der Waals surface area contributed by atoms with Crippen molar-refractivity contribution < 1.29 is 24.0 Å². The number of anilines is 1. The first-order valence-electron chi connectivity index (χ1n) is 7.27. The van der Waals surface area contributed by atoms with Gasteiger partial charge in [0, 0.05) is 5.56 Å². The fraction of sp³-hybridized carbons (Fsp3) is 0.176. The highest BCUT2D eigenvalue weighted by Gasteiger charge is 2.18. The van der Waals surface area contributed by atoms with Crippen LogP contribution in [0.25, 0.3) is 0 Å². The van der Waals surface area contributed by atoms with Gasteiger partial charge in [0.1, 0.15) is 5.75 Å². The number of hydrogen-bond donors (Lipinski definition) is 1. The Bertz CT molecular complexity index is 819. The van der Waals surface area contributed by atoms with E-state index in [1.165, 1.54) is 32.2 Å². The van der Waals surface area contributed by atoms with E-state index in [-0.39, 0.29) is 17.2 Å². The first-order valence-corrected chi connectivity index (χ1v) is 7.27. The van der Waals surface area contributed by atoms with E-state index < -0.39 is 17.4 Å². The second-order valence-electron chi connectivity index (χ2n) is 5.03. The van der Waals surface area contributed by atoms with Crippen LogP contribution in [0.1, 0.15) is 17.3 Å². The lowest BCUT2D eigenvalue weighted by Crippen LogP contribution is -2.21. The number of amides is 1. The lowest BCUT2D eigenvalue weighted by molar-refractivity contribution is -0.385. The van der Waals surface area contributed by atoms with Crippen molar-refractivity contribution in [2.24, 2.45) is 0 Å². The molecular weight excluding hydrogens is 328 g/mol. The largest absolute Gasteiger partial charge is 0.496 e. The van der Waals surface area contributed by atoms with Crippen LogP contribution >= 0.6 is 0 Å². The fourth-order valence-electron chi connectivity index (χ4n) is 2.12. The molecule has 0 aliphatic rings. The molecule has 130 valence electrons. The second-order valence-corrected chi connectivity index (χ2v) is 5.03. The number of nitrogens with zero attached hydrogens (tertiary/aromatic N) is 1. The Hall–Kier alpha value is -3.42. The summed E-state index contributed by atoms with van der Waals surface area (Å²) in [5.74, 6) is -0.485. The lowest BCUT2D eigenvalue weighted by atomic mass is 10.1. The van der Waals surface area contributed by atoms with Gasteiger partial charge < -0.3 is 14.8 Å². The van der Waals surface area contributed by atoms with Crippen molar-refractivity contribution in [3.05, 3.63) is 58.1 Å². The fourth-order valence-corrected chi connectivity index (χ4v) is 2.12. The van der Waals surface area contributed by atoms with Gasteiger partial charge in [0.15, 0.2) is 18.1 Å². The summed E-state index contributed by atoms with van der Waals surface area (Å²) in [7, 11) is 1.39. The molecule has 8 nitrogen and oxygen atoms in total. The van der Waals surface area contributed by atoms with E-state index in [9.17, 15) is 19.7 Å². The monoisotopic (exact) mass is 344 g/mol. The van der Waals surface area contributed by atoms with Crippen LogP contribution in [0.15, 0.2) is 42.5 Å². The highest BCUT2D eigenvalue weighted by molar-refractivity contribution is 6.03. The van der Waals surface area contributed by atoms with Crippen molar-refractivity contribution in [1.29, 1.82) is 0 Å². The molecule has 0 spiro atoms. The average molecular weight is 344 g/mol. The Balaban J connectivity index is 2.08. The van der Waals surface area contributed by atoms with E-state index in [4.69, 9.17) is 9.47 Å². The van der Waals surface area contributed by atoms with E-state index in [0.29, 0.717) is 17.0 Å². The van der Waals surface area contributed by atoms with Crippen LogP contribution in [0.2, 0.25) is 0 Å². The first-order chi connectivity index (χ1) is 11.9. The molecular formula is C17H16N2O6. The predicted molar refractivity (Wildman–Crippen MR) is 90.2 cm³/mol. The number of methoxy groups -OCH3 is 1. The van der Waals surface area contributed by atoms with Crippen LogP contribution in [-0.2, 0) is 4.79 Å². The molecule has 0 bridgehead atoms. The predicted octanol–water partition coefficient (Wildman–Crippen LogP) is 2.82. The maximum atomic E-state index is 12.0. The number of para-hydroxylation sites is 1. The molecule has 1 N–H and O–H groups in total. The number of ketones is 1. The van der Waals surface area contributed by atoms with Gasteiger partial charge in [-0.3, -0.25) is 19.7 Å². The van der Waals surface area contributed by atoms with Crippen LogP contribution in [0.5, 0.6) is 11.5 Å². The van der Waals surface area contributed by atoms with Crippen LogP contribution in [-0.4, -0.2) is 30.3 Å². The van der Waals surface area contributed by atoms with Crippen LogP contribution in [0, 0.1) is 10.1 Å². The molecule has 2 rings (SSSR count). The highest BCUT2D eigenvalue weighted by atomic mass is 16.6. The molecule has 0 aliphatic carbocycles. The van der Waals surface area contributed by atoms with Crippen LogP contribution in [0.3, 0.4) is 0 Å². The van der Waals surface area contributed by atoms with Gasteiger partial charge in [-0.05, 0) is 31.2 Å². The minimum atomic E-state index is -0.624. The zero-order chi connectivity index (χ0) is 18.4. The Labute approximate surface area is 143 Å². The van der Waals surface area contributed by atoms with Crippen molar-refractivity contribution in [3.8, 4) is 11.5 Å². The summed E-state index contributed by atoms with van der Waals surface area (Å²) in [6, 6.07) is 10.6. The van der Waals surface area contributed by atoms with E-state index in [2.05, 4.69) is 5.32 Å². The molecule has 0 atom stereocenters. The maximum absolute atomic E-state index is 12.0. The summed E-state index contributed by atoms with van der Waals surface area (Å²) in [5.41, 5.74) is 0.412. The molecule has 0 radical (unpaired) electrons. The van der Waals surface area contributed by atoms with Gasteiger partial charge >= 0.3 is 5.69 Å². The Morgan fingerprint density at radius 2 is 1.92 bits per heavy atom. The van der Waals surface area contributed by atoms with Crippen LogP contribution in [0.4, 0.5) is 11.4 Å². The molecule has 0 aliphatic heterocycles. The van der Waals surface area contributed by atoms with E-state index in [0.717, 1.165) is 0 Å². The van der Waals surface area contributed by atoms with E-state index in [1.807, 2.05) is 0 Å². The Kier molecular flexibility index (Phi) is 5.67. The third kappa shape index (κ3) is 4.54. The number of benzene rings is 2. The first kappa shape index (κ1) is 17.9. The molecule has 0 aromatic heterocycles. The van der Waals surface area contributed by atoms with Crippen molar-refractivity contribution in [2.45, 2.75) is 6.92 Å². The number of carbonyl (C=O) groups excluding carboxylic acids is 2. The molecule has 0 saturated heterocycles. The third-order valence-corrected chi connectivity index (χ3v) is 3.30. The molecule has 0 fully saturated rings. The molecule has 0 heterocycles. The molecule has 25 heavy (non-hydrogen) atoms. The van der Waals surface area contributed by atoms with E-state index in [1.54, 1.807) is 24.3 Å². The zero-order valence-corrected chi connectivity index (χ0v) is 13.6. The van der Waals surface area contributed by atoms with Gasteiger partial charge in [0.25, 0.3) is 5.91 Å². The maximum Gasteiger partial charge on any atom is 0.314 e. The van der Waals surface area contributed by atoms with Crippen molar-refractivity contribution >= 4 is 23.1 Å². The van der Waals surface area contributed by atoms with Gasteiger partial charge in [0.05, 0.1) is 23.8 Å². The topological polar surface area (TPSA) is 108 Å². The summed E-state index contributed by atoms with van der Waals surface area (Å²) in [5, 5.41) is 13.6. The quantitative estimate of drug-likeness (QED) is 0.470.